The van der Waals surface area contributed by atoms with E-state index in [0.29, 0.717) is 19.6 Å². The first-order chi connectivity index (χ1) is 12.0. The Morgan fingerprint density at radius 1 is 1.24 bits per heavy atom. The number of benzene rings is 1. The first kappa shape index (κ1) is 19.1. The van der Waals surface area contributed by atoms with Crippen molar-refractivity contribution < 1.29 is 24.2 Å². The highest BCUT2D eigenvalue weighted by molar-refractivity contribution is 5.74. The quantitative estimate of drug-likeness (QED) is 0.702. The van der Waals surface area contributed by atoms with Crippen LogP contribution in [-0.4, -0.2) is 70.8 Å². The Hall–Kier alpha value is -2.19. The molecule has 0 saturated carbocycles. The SMILES string of the molecule is O=C(NCc1ccc(F)cc1)N1C[C@H](O)[C@@H](N2CCCC2)C1.O=CO. The minimum atomic E-state index is -0.477. The Balaban J connectivity index is 0.000000701. The molecule has 7 nitrogen and oxygen atoms in total. The summed E-state index contributed by atoms with van der Waals surface area (Å²) in [5.74, 6) is -0.286. The number of likely N-dealkylation sites (tertiary alicyclic amines) is 2. The predicted octanol–water partition coefficient (Wildman–Crippen LogP) is 0.877. The van der Waals surface area contributed by atoms with Crippen molar-refractivity contribution in [2.24, 2.45) is 0 Å². The zero-order valence-electron chi connectivity index (χ0n) is 14.0. The van der Waals surface area contributed by atoms with Crippen molar-refractivity contribution in [1.29, 1.82) is 0 Å². The lowest BCUT2D eigenvalue weighted by atomic mass is 10.2. The van der Waals surface area contributed by atoms with Crippen LogP contribution in [0.3, 0.4) is 0 Å². The topological polar surface area (TPSA) is 93.1 Å². The molecule has 2 aliphatic heterocycles. The summed E-state index contributed by atoms with van der Waals surface area (Å²) in [5, 5.41) is 19.9. The summed E-state index contributed by atoms with van der Waals surface area (Å²) < 4.78 is 12.8. The number of hydrogen-bond donors (Lipinski definition) is 3. The number of nitrogens with one attached hydrogen (secondary N) is 1. The van der Waals surface area contributed by atoms with Crippen LogP contribution in [0.25, 0.3) is 0 Å². The molecule has 0 unspecified atom stereocenters. The smallest absolute Gasteiger partial charge is 0.317 e. The summed E-state index contributed by atoms with van der Waals surface area (Å²) in [6.45, 7) is 3.06. The summed E-state index contributed by atoms with van der Waals surface area (Å²) in [5.41, 5.74) is 0.852. The number of β-amino-alcohol motifs (C(OH)–C–C–N with tert-alkyl or cyclic N) is 1. The second-order valence-electron chi connectivity index (χ2n) is 6.17. The normalized spacial score (nSPS) is 23.0. The minimum Gasteiger partial charge on any atom is -0.483 e. The van der Waals surface area contributed by atoms with Gasteiger partial charge in [-0.05, 0) is 43.6 Å². The van der Waals surface area contributed by atoms with E-state index in [1.807, 2.05) is 0 Å². The van der Waals surface area contributed by atoms with Crippen LogP contribution in [0, 0.1) is 5.82 Å². The molecule has 2 aliphatic rings. The van der Waals surface area contributed by atoms with Gasteiger partial charge in [0.05, 0.1) is 12.1 Å². The molecule has 0 bridgehead atoms. The van der Waals surface area contributed by atoms with Crippen LogP contribution in [0.4, 0.5) is 9.18 Å². The van der Waals surface area contributed by atoms with Crippen molar-refractivity contribution in [1.82, 2.24) is 15.1 Å². The van der Waals surface area contributed by atoms with E-state index >= 15 is 0 Å². The van der Waals surface area contributed by atoms with Crippen molar-refractivity contribution in [3.05, 3.63) is 35.6 Å². The van der Waals surface area contributed by atoms with Gasteiger partial charge in [-0.1, -0.05) is 12.1 Å². The van der Waals surface area contributed by atoms with E-state index in [9.17, 15) is 14.3 Å². The highest BCUT2D eigenvalue weighted by Gasteiger charge is 2.38. The van der Waals surface area contributed by atoms with Crippen LogP contribution in [0.2, 0.25) is 0 Å². The van der Waals surface area contributed by atoms with Crippen LogP contribution in [0.15, 0.2) is 24.3 Å². The number of rotatable bonds is 3. The lowest BCUT2D eigenvalue weighted by molar-refractivity contribution is -0.122. The van der Waals surface area contributed by atoms with E-state index < -0.39 is 6.10 Å². The third-order valence-electron chi connectivity index (χ3n) is 4.51. The lowest BCUT2D eigenvalue weighted by Gasteiger charge is -2.25. The maximum atomic E-state index is 12.8. The van der Waals surface area contributed by atoms with E-state index in [4.69, 9.17) is 9.90 Å². The van der Waals surface area contributed by atoms with Gasteiger partial charge in [-0.15, -0.1) is 0 Å². The van der Waals surface area contributed by atoms with Gasteiger partial charge in [-0.2, -0.15) is 0 Å². The number of halogens is 1. The highest BCUT2D eigenvalue weighted by Crippen LogP contribution is 2.21. The van der Waals surface area contributed by atoms with E-state index in [1.165, 1.54) is 25.0 Å². The number of aliphatic hydroxyl groups is 1. The number of carbonyl (C=O) groups is 2. The first-order valence-electron chi connectivity index (χ1n) is 8.32. The number of hydrogen-bond acceptors (Lipinski definition) is 4. The summed E-state index contributed by atoms with van der Waals surface area (Å²) >= 11 is 0. The molecule has 0 aliphatic carbocycles. The molecule has 2 saturated heterocycles. The molecule has 0 spiro atoms. The Morgan fingerprint density at radius 3 is 2.44 bits per heavy atom. The molecule has 2 amide bonds. The first-order valence-corrected chi connectivity index (χ1v) is 8.32. The molecule has 2 fully saturated rings. The molecule has 1 aromatic rings. The van der Waals surface area contributed by atoms with Gasteiger partial charge in [0.2, 0.25) is 0 Å². The molecule has 138 valence electrons. The molecular formula is C17H24FN3O4. The molecule has 0 radical (unpaired) electrons. The molecule has 25 heavy (non-hydrogen) atoms. The highest BCUT2D eigenvalue weighted by atomic mass is 19.1. The zero-order valence-corrected chi connectivity index (χ0v) is 14.0. The zero-order chi connectivity index (χ0) is 18.2. The van der Waals surface area contributed by atoms with E-state index in [-0.39, 0.29) is 24.4 Å². The average molecular weight is 353 g/mol. The van der Waals surface area contributed by atoms with Crippen molar-refractivity contribution in [2.75, 3.05) is 26.2 Å². The van der Waals surface area contributed by atoms with Gasteiger partial charge in [0.1, 0.15) is 5.82 Å². The second-order valence-corrected chi connectivity index (χ2v) is 6.17. The van der Waals surface area contributed by atoms with Gasteiger partial charge in [0.25, 0.3) is 6.47 Å². The number of aliphatic hydroxyl groups excluding tert-OH is 1. The predicted molar refractivity (Wildman–Crippen MR) is 89.5 cm³/mol. The molecule has 2 atom stereocenters. The Kier molecular flexibility index (Phi) is 7.15. The molecular weight excluding hydrogens is 329 g/mol. The molecule has 2 heterocycles. The van der Waals surface area contributed by atoms with Crippen LogP contribution in [0.1, 0.15) is 18.4 Å². The van der Waals surface area contributed by atoms with Gasteiger partial charge >= 0.3 is 6.03 Å². The Bertz CT molecular complexity index is 564. The second kappa shape index (κ2) is 9.33. The van der Waals surface area contributed by atoms with Gasteiger partial charge < -0.3 is 20.4 Å². The van der Waals surface area contributed by atoms with E-state index in [0.717, 1.165) is 18.7 Å². The van der Waals surface area contributed by atoms with E-state index in [1.54, 1.807) is 17.0 Å². The fraction of sp³-hybridized carbons (Fsp3) is 0.529. The van der Waals surface area contributed by atoms with E-state index in [2.05, 4.69) is 10.2 Å². The fourth-order valence-corrected chi connectivity index (χ4v) is 3.26. The van der Waals surface area contributed by atoms with Crippen LogP contribution < -0.4 is 5.32 Å². The third-order valence-corrected chi connectivity index (χ3v) is 4.51. The van der Waals surface area contributed by atoms with Gasteiger partial charge in [0, 0.05) is 19.6 Å². The van der Waals surface area contributed by atoms with Crippen molar-refractivity contribution in [3.8, 4) is 0 Å². The van der Waals surface area contributed by atoms with Gasteiger partial charge in [-0.3, -0.25) is 9.69 Å². The fourth-order valence-electron chi connectivity index (χ4n) is 3.26. The van der Waals surface area contributed by atoms with Gasteiger partial charge in [0.15, 0.2) is 0 Å². The van der Waals surface area contributed by atoms with Crippen LogP contribution >= 0.6 is 0 Å². The maximum Gasteiger partial charge on any atom is 0.317 e. The van der Waals surface area contributed by atoms with Crippen LogP contribution in [-0.2, 0) is 11.3 Å². The molecule has 3 rings (SSSR count). The van der Waals surface area contributed by atoms with Gasteiger partial charge in [-0.25, -0.2) is 9.18 Å². The lowest BCUT2D eigenvalue weighted by Crippen LogP contribution is -2.42. The Labute approximate surface area is 146 Å². The number of carbonyl (C=O) groups excluding carboxylic acids is 1. The molecule has 1 aromatic carbocycles. The molecule has 3 N–H and O–H groups in total. The Morgan fingerprint density at radius 2 is 1.84 bits per heavy atom. The number of urea groups is 1. The number of amides is 2. The summed E-state index contributed by atoms with van der Waals surface area (Å²) in [4.78, 5) is 24.5. The van der Waals surface area contributed by atoms with Crippen LogP contribution in [0.5, 0.6) is 0 Å². The monoisotopic (exact) mass is 353 g/mol. The number of carboxylic acid groups (broad SMARTS) is 1. The summed E-state index contributed by atoms with van der Waals surface area (Å²) in [6.07, 6.45) is 1.86. The standard InChI is InChI=1S/C16H22FN3O2.CH2O2/c17-13-5-3-12(4-6-13)9-18-16(22)20-10-14(15(21)11-20)19-7-1-2-8-19;2-1-3/h3-6,14-15,21H,1-2,7-11H2,(H,18,22);1H,(H,2,3)/t14-,15-;/m0./s1. The molecule has 8 heteroatoms. The van der Waals surface area contributed by atoms with Crippen molar-refractivity contribution in [2.45, 2.75) is 31.5 Å². The van der Waals surface area contributed by atoms with Crippen molar-refractivity contribution in [3.63, 3.8) is 0 Å². The largest absolute Gasteiger partial charge is 0.483 e. The summed E-state index contributed by atoms with van der Waals surface area (Å²) in [7, 11) is 0. The third kappa shape index (κ3) is 5.40. The molecule has 0 aromatic heterocycles. The summed E-state index contributed by atoms with van der Waals surface area (Å²) in [6, 6.07) is 5.95. The van der Waals surface area contributed by atoms with Crippen molar-refractivity contribution >= 4 is 12.5 Å². The average Bonchev–Trinajstić information content (AvgIpc) is 3.24. The maximum absolute atomic E-state index is 12.8. The minimum absolute atomic E-state index is 0.0547. The number of nitrogens with zero attached hydrogens (tertiary/aromatic N) is 2.